The average Bonchev–Trinajstić information content (AvgIpc) is 3.09. The Labute approximate surface area is 128 Å². The summed E-state index contributed by atoms with van der Waals surface area (Å²) in [5, 5.41) is 3.49. The number of hydrogen-bond acceptors (Lipinski definition) is 4. The fourth-order valence-corrected chi connectivity index (χ4v) is 3.58. The second-order valence-electron chi connectivity index (χ2n) is 5.08. The van der Waals surface area contributed by atoms with Gasteiger partial charge in [0, 0.05) is 35.5 Å². The summed E-state index contributed by atoms with van der Waals surface area (Å²) in [6.07, 6.45) is 4.44. The normalized spacial score (nSPS) is 14.8. The summed E-state index contributed by atoms with van der Waals surface area (Å²) in [5.41, 5.74) is 3.87. The number of anilines is 2. The first kappa shape index (κ1) is 13.7. The lowest BCUT2D eigenvalue weighted by molar-refractivity contribution is 0.949. The van der Waals surface area contributed by atoms with Crippen LogP contribution in [0.2, 0.25) is 4.47 Å². The van der Waals surface area contributed by atoms with Crippen molar-refractivity contribution in [3.8, 4) is 0 Å². The molecule has 20 heavy (non-hydrogen) atoms. The highest BCUT2D eigenvalue weighted by molar-refractivity contribution is 7.15. The number of nitrogens with zero attached hydrogens (tertiary/aromatic N) is 2. The van der Waals surface area contributed by atoms with Gasteiger partial charge in [0.15, 0.2) is 4.47 Å². The van der Waals surface area contributed by atoms with Gasteiger partial charge in [-0.15, -0.1) is 11.3 Å². The van der Waals surface area contributed by atoms with E-state index in [-0.39, 0.29) is 0 Å². The lowest BCUT2D eigenvalue weighted by Gasteiger charge is -2.22. The zero-order valence-electron chi connectivity index (χ0n) is 11.5. The van der Waals surface area contributed by atoms with E-state index in [1.165, 1.54) is 54.2 Å². The van der Waals surface area contributed by atoms with E-state index in [0.717, 1.165) is 11.4 Å². The molecule has 0 unspecified atom stereocenters. The standard InChI is InChI=1S/C15H18ClN3S/c1-11-13(17-9-12-10-18-15(16)20-12)5-4-6-14(11)19-7-2-3-8-19/h4-6,10,17H,2-3,7-9H2,1H3. The Kier molecular flexibility index (Phi) is 4.13. The zero-order valence-corrected chi connectivity index (χ0v) is 13.1. The van der Waals surface area contributed by atoms with Crippen LogP contribution in [0.1, 0.15) is 23.3 Å². The molecule has 5 heteroatoms. The summed E-state index contributed by atoms with van der Waals surface area (Å²) in [6.45, 7) is 5.31. The number of nitrogens with one attached hydrogen (secondary N) is 1. The largest absolute Gasteiger partial charge is 0.380 e. The van der Waals surface area contributed by atoms with E-state index in [0.29, 0.717) is 4.47 Å². The summed E-state index contributed by atoms with van der Waals surface area (Å²) < 4.78 is 0.601. The molecule has 1 aromatic heterocycles. The van der Waals surface area contributed by atoms with Gasteiger partial charge >= 0.3 is 0 Å². The number of thiazole rings is 1. The summed E-state index contributed by atoms with van der Waals surface area (Å²) in [7, 11) is 0. The van der Waals surface area contributed by atoms with Crippen LogP contribution in [0.4, 0.5) is 11.4 Å². The minimum absolute atomic E-state index is 0.601. The molecule has 2 heterocycles. The van der Waals surface area contributed by atoms with Crippen molar-refractivity contribution in [2.75, 3.05) is 23.3 Å². The maximum atomic E-state index is 5.86. The number of rotatable bonds is 4. The Morgan fingerprint density at radius 2 is 2.15 bits per heavy atom. The van der Waals surface area contributed by atoms with Crippen LogP contribution in [0.5, 0.6) is 0 Å². The summed E-state index contributed by atoms with van der Waals surface area (Å²) >= 11 is 7.38. The first-order valence-corrected chi connectivity index (χ1v) is 8.12. The Bertz CT molecular complexity index is 591. The maximum Gasteiger partial charge on any atom is 0.183 e. The van der Waals surface area contributed by atoms with Gasteiger partial charge in [-0.2, -0.15) is 0 Å². The maximum absolute atomic E-state index is 5.86. The Balaban J connectivity index is 1.74. The van der Waals surface area contributed by atoms with E-state index in [4.69, 9.17) is 11.6 Å². The third-order valence-corrected chi connectivity index (χ3v) is 4.85. The van der Waals surface area contributed by atoms with Crippen molar-refractivity contribution >= 4 is 34.3 Å². The fraction of sp³-hybridized carbons (Fsp3) is 0.400. The van der Waals surface area contributed by atoms with Gasteiger partial charge in [0.25, 0.3) is 0 Å². The molecular formula is C15H18ClN3S. The van der Waals surface area contributed by atoms with E-state index in [1.807, 2.05) is 6.20 Å². The van der Waals surface area contributed by atoms with E-state index in [1.54, 1.807) is 0 Å². The first-order valence-electron chi connectivity index (χ1n) is 6.92. The summed E-state index contributed by atoms with van der Waals surface area (Å²) in [4.78, 5) is 7.70. The molecule has 3 rings (SSSR count). The molecule has 1 fully saturated rings. The topological polar surface area (TPSA) is 28.2 Å². The van der Waals surface area contributed by atoms with Gasteiger partial charge in [-0.1, -0.05) is 17.7 Å². The molecule has 0 bridgehead atoms. The van der Waals surface area contributed by atoms with Gasteiger partial charge in [0.1, 0.15) is 0 Å². The molecule has 1 aliphatic rings. The molecule has 0 radical (unpaired) electrons. The van der Waals surface area contributed by atoms with Crippen LogP contribution in [-0.2, 0) is 6.54 Å². The van der Waals surface area contributed by atoms with Crippen LogP contribution in [0, 0.1) is 6.92 Å². The van der Waals surface area contributed by atoms with Crippen molar-refractivity contribution < 1.29 is 0 Å². The molecule has 0 spiro atoms. The molecular weight excluding hydrogens is 290 g/mol. The second-order valence-corrected chi connectivity index (χ2v) is 6.77. The molecule has 106 valence electrons. The predicted molar refractivity (Wildman–Crippen MR) is 87.1 cm³/mol. The molecule has 0 saturated carbocycles. The summed E-state index contributed by atoms with van der Waals surface area (Å²) in [5.74, 6) is 0. The van der Waals surface area contributed by atoms with Crippen molar-refractivity contribution in [1.29, 1.82) is 0 Å². The molecule has 1 N–H and O–H groups in total. The monoisotopic (exact) mass is 307 g/mol. The Morgan fingerprint density at radius 3 is 2.85 bits per heavy atom. The van der Waals surface area contributed by atoms with Crippen LogP contribution in [-0.4, -0.2) is 18.1 Å². The van der Waals surface area contributed by atoms with Crippen molar-refractivity contribution in [2.45, 2.75) is 26.3 Å². The number of aromatic nitrogens is 1. The quantitative estimate of drug-likeness (QED) is 0.912. The van der Waals surface area contributed by atoms with E-state index >= 15 is 0 Å². The van der Waals surface area contributed by atoms with Gasteiger partial charge in [0.2, 0.25) is 0 Å². The number of halogens is 1. The van der Waals surface area contributed by atoms with Crippen molar-refractivity contribution in [3.05, 3.63) is 39.3 Å². The van der Waals surface area contributed by atoms with Gasteiger partial charge in [-0.3, -0.25) is 0 Å². The lowest BCUT2D eigenvalue weighted by atomic mass is 10.1. The SMILES string of the molecule is Cc1c(NCc2cnc(Cl)s2)cccc1N1CCCC1. The van der Waals surface area contributed by atoms with Crippen LogP contribution in [0.15, 0.2) is 24.4 Å². The van der Waals surface area contributed by atoms with Crippen molar-refractivity contribution in [2.24, 2.45) is 0 Å². The highest BCUT2D eigenvalue weighted by Crippen LogP contribution is 2.30. The van der Waals surface area contributed by atoms with Crippen molar-refractivity contribution in [1.82, 2.24) is 4.98 Å². The minimum atomic E-state index is 0.601. The highest BCUT2D eigenvalue weighted by atomic mass is 35.5. The van der Waals surface area contributed by atoms with Crippen LogP contribution < -0.4 is 10.2 Å². The predicted octanol–water partition coefficient (Wildman–Crippen LogP) is 4.32. The molecule has 1 aromatic carbocycles. The number of benzene rings is 1. The average molecular weight is 308 g/mol. The van der Waals surface area contributed by atoms with Crippen LogP contribution in [0.3, 0.4) is 0 Å². The Morgan fingerprint density at radius 1 is 1.35 bits per heavy atom. The summed E-state index contributed by atoms with van der Waals surface area (Å²) in [6, 6.07) is 6.48. The minimum Gasteiger partial charge on any atom is -0.380 e. The van der Waals surface area contributed by atoms with E-state index in [9.17, 15) is 0 Å². The molecule has 0 atom stereocenters. The zero-order chi connectivity index (χ0) is 13.9. The van der Waals surface area contributed by atoms with Crippen LogP contribution >= 0.6 is 22.9 Å². The molecule has 1 saturated heterocycles. The molecule has 1 aliphatic heterocycles. The van der Waals surface area contributed by atoms with Gasteiger partial charge in [0.05, 0.1) is 6.54 Å². The third-order valence-electron chi connectivity index (χ3n) is 3.73. The van der Waals surface area contributed by atoms with Crippen LogP contribution in [0.25, 0.3) is 0 Å². The van der Waals surface area contributed by atoms with E-state index in [2.05, 4.69) is 40.3 Å². The smallest absolute Gasteiger partial charge is 0.183 e. The lowest BCUT2D eigenvalue weighted by Crippen LogP contribution is -2.19. The molecule has 0 aliphatic carbocycles. The Hall–Kier alpha value is -1.26. The third kappa shape index (κ3) is 2.91. The van der Waals surface area contributed by atoms with Gasteiger partial charge in [-0.05, 0) is 37.5 Å². The molecule has 0 amide bonds. The first-order chi connectivity index (χ1) is 9.74. The number of hydrogen-bond donors (Lipinski definition) is 1. The molecule has 3 nitrogen and oxygen atoms in total. The van der Waals surface area contributed by atoms with Gasteiger partial charge in [-0.25, -0.2) is 4.98 Å². The fourth-order valence-electron chi connectivity index (χ4n) is 2.66. The second kappa shape index (κ2) is 6.02. The van der Waals surface area contributed by atoms with E-state index < -0.39 is 0 Å². The molecule has 2 aromatic rings. The highest BCUT2D eigenvalue weighted by Gasteiger charge is 2.15. The van der Waals surface area contributed by atoms with Gasteiger partial charge < -0.3 is 10.2 Å². The van der Waals surface area contributed by atoms with Crippen molar-refractivity contribution in [3.63, 3.8) is 0 Å².